The van der Waals surface area contributed by atoms with E-state index < -0.39 is 0 Å². The monoisotopic (exact) mass is 308 g/mol. The summed E-state index contributed by atoms with van der Waals surface area (Å²) in [4.78, 5) is 0. The number of thiophene rings is 1. The Morgan fingerprint density at radius 3 is 2.83 bits per heavy atom. The zero-order valence-electron chi connectivity index (χ0n) is 6.40. The minimum Gasteiger partial charge on any atom is -0.122 e. The van der Waals surface area contributed by atoms with Crippen molar-refractivity contribution in [2.45, 2.75) is 6.92 Å². The molecule has 1 aromatic heterocycles. The Morgan fingerprint density at radius 1 is 1.33 bits per heavy atom. The third kappa shape index (κ3) is 1.47. The van der Waals surface area contributed by atoms with Crippen LogP contribution >= 0.6 is 45.5 Å². The zero-order valence-corrected chi connectivity index (χ0v) is 10.1. The molecule has 0 aliphatic carbocycles. The Kier molecular flexibility index (Phi) is 2.31. The van der Waals surface area contributed by atoms with E-state index in [2.05, 4.69) is 41.6 Å². The highest BCUT2D eigenvalue weighted by molar-refractivity contribution is 14.1. The van der Waals surface area contributed by atoms with Gasteiger partial charge in [0.15, 0.2) is 0 Å². The minimum absolute atomic E-state index is 0.869. The molecular formula is C9H6ClIS. The molecule has 2 aromatic rings. The van der Waals surface area contributed by atoms with Crippen molar-refractivity contribution in [3.63, 3.8) is 0 Å². The molecule has 62 valence electrons. The second kappa shape index (κ2) is 3.16. The van der Waals surface area contributed by atoms with Crippen molar-refractivity contribution < 1.29 is 0 Å². The summed E-state index contributed by atoms with van der Waals surface area (Å²) < 4.78 is 3.46. The van der Waals surface area contributed by atoms with Crippen LogP contribution in [0.4, 0.5) is 0 Å². The van der Waals surface area contributed by atoms with Crippen LogP contribution in [0.3, 0.4) is 0 Å². The molecule has 0 saturated heterocycles. The van der Waals surface area contributed by atoms with Crippen molar-refractivity contribution in [1.82, 2.24) is 0 Å². The summed E-state index contributed by atoms with van der Waals surface area (Å²) >= 11 is 9.92. The molecule has 0 nitrogen and oxygen atoms in total. The van der Waals surface area contributed by atoms with Crippen LogP contribution in [0.25, 0.3) is 10.1 Å². The summed E-state index contributed by atoms with van der Waals surface area (Å²) in [6.45, 7) is 2.10. The number of benzene rings is 1. The Balaban J connectivity index is 2.88. The van der Waals surface area contributed by atoms with E-state index >= 15 is 0 Å². The van der Waals surface area contributed by atoms with Gasteiger partial charge in [0.05, 0.1) is 4.34 Å². The van der Waals surface area contributed by atoms with Gasteiger partial charge in [0.25, 0.3) is 0 Å². The van der Waals surface area contributed by atoms with Gasteiger partial charge in [-0.2, -0.15) is 0 Å². The average molecular weight is 309 g/mol. The van der Waals surface area contributed by atoms with E-state index in [1.165, 1.54) is 19.2 Å². The lowest BCUT2D eigenvalue weighted by molar-refractivity contribution is 1.50. The number of hydrogen-bond acceptors (Lipinski definition) is 1. The van der Waals surface area contributed by atoms with Gasteiger partial charge in [-0.05, 0) is 52.6 Å². The maximum absolute atomic E-state index is 5.92. The Bertz CT molecular complexity index is 433. The summed E-state index contributed by atoms with van der Waals surface area (Å²) in [5.41, 5.74) is 1.29. The highest BCUT2D eigenvalue weighted by Crippen LogP contribution is 2.33. The third-order valence-corrected chi connectivity index (χ3v) is 4.22. The minimum atomic E-state index is 0.869. The van der Waals surface area contributed by atoms with Gasteiger partial charge in [-0.25, -0.2) is 0 Å². The molecule has 0 bridgehead atoms. The largest absolute Gasteiger partial charge is 0.122 e. The molecule has 2 rings (SSSR count). The molecule has 12 heavy (non-hydrogen) atoms. The second-order valence-corrected chi connectivity index (χ2v) is 5.56. The van der Waals surface area contributed by atoms with Crippen LogP contribution < -0.4 is 0 Å². The molecule has 0 aliphatic heterocycles. The molecule has 0 aliphatic rings. The lowest BCUT2D eigenvalue weighted by atomic mass is 10.2. The molecule has 0 unspecified atom stereocenters. The van der Waals surface area contributed by atoms with Crippen molar-refractivity contribution in [2.24, 2.45) is 0 Å². The van der Waals surface area contributed by atoms with Crippen LogP contribution in [0.2, 0.25) is 4.34 Å². The van der Waals surface area contributed by atoms with Crippen molar-refractivity contribution in [3.05, 3.63) is 31.7 Å². The van der Waals surface area contributed by atoms with Gasteiger partial charge in [-0.3, -0.25) is 0 Å². The number of aryl methyl sites for hydroxylation is 1. The van der Waals surface area contributed by atoms with Crippen LogP contribution in [-0.2, 0) is 0 Å². The fraction of sp³-hybridized carbons (Fsp3) is 0.111. The normalized spacial score (nSPS) is 10.9. The lowest BCUT2D eigenvalue weighted by Crippen LogP contribution is -1.74. The summed E-state index contributed by atoms with van der Waals surface area (Å²) in [6, 6.07) is 6.37. The predicted molar refractivity (Wildman–Crippen MR) is 64.3 cm³/mol. The SMILES string of the molecule is Cc1cc(I)c2sc(Cl)cc2c1. The molecule has 0 spiro atoms. The standard InChI is InChI=1S/C9H6ClIS/c1-5-2-6-4-8(10)12-9(6)7(11)3-5/h2-4H,1H3. The maximum Gasteiger partial charge on any atom is 0.0941 e. The fourth-order valence-corrected chi connectivity index (χ4v) is 3.47. The molecule has 0 N–H and O–H groups in total. The highest BCUT2D eigenvalue weighted by Gasteiger charge is 2.03. The first-order valence-corrected chi connectivity index (χ1v) is 5.79. The van der Waals surface area contributed by atoms with E-state index in [-0.39, 0.29) is 0 Å². The molecule has 0 saturated carbocycles. The molecule has 0 fully saturated rings. The van der Waals surface area contributed by atoms with Gasteiger partial charge in [-0.15, -0.1) is 11.3 Å². The van der Waals surface area contributed by atoms with Gasteiger partial charge >= 0.3 is 0 Å². The average Bonchev–Trinajstić information content (AvgIpc) is 2.29. The van der Waals surface area contributed by atoms with Crippen LogP contribution in [0.15, 0.2) is 18.2 Å². The van der Waals surface area contributed by atoms with Crippen LogP contribution in [0, 0.1) is 10.5 Å². The molecule has 1 heterocycles. The first kappa shape index (κ1) is 8.78. The van der Waals surface area contributed by atoms with E-state index in [1.807, 2.05) is 6.07 Å². The summed E-state index contributed by atoms with van der Waals surface area (Å²) in [6.07, 6.45) is 0. The molecular weight excluding hydrogens is 303 g/mol. The maximum atomic E-state index is 5.92. The van der Waals surface area contributed by atoms with Gasteiger partial charge in [0.1, 0.15) is 0 Å². The number of fused-ring (bicyclic) bond motifs is 1. The quantitative estimate of drug-likeness (QED) is 0.630. The Morgan fingerprint density at radius 2 is 2.08 bits per heavy atom. The van der Waals surface area contributed by atoms with Crippen molar-refractivity contribution in [3.8, 4) is 0 Å². The third-order valence-electron chi connectivity index (χ3n) is 1.69. The Labute approximate surface area is 93.7 Å². The van der Waals surface area contributed by atoms with E-state index in [0.717, 1.165) is 4.34 Å². The number of rotatable bonds is 0. The van der Waals surface area contributed by atoms with Gasteiger partial charge < -0.3 is 0 Å². The van der Waals surface area contributed by atoms with Crippen LogP contribution in [0.1, 0.15) is 5.56 Å². The van der Waals surface area contributed by atoms with Crippen LogP contribution in [0.5, 0.6) is 0 Å². The van der Waals surface area contributed by atoms with E-state index in [0.29, 0.717) is 0 Å². The molecule has 0 atom stereocenters. The van der Waals surface area contributed by atoms with Crippen molar-refractivity contribution in [1.29, 1.82) is 0 Å². The van der Waals surface area contributed by atoms with Crippen molar-refractivity contribution in [2.75, 3.05) is 0 Å². The van der Waals surface area contributed by atoms with E-state index in [1.54, 1.807) is 11.3 Å². The molecule has 1 aromatic carbocycles. The zero-order chi connectivity index (χ0) is 8.72. The first-order chi connectivity index (χ1) is 5.66. The van der Waals surface area contributed by atoms with Crippen molar-refractivity contribution >= 4 is 55.6 Å². The topological polar surface area (TPSA) is 0 Å². The fourth-order valence-electron chi connectivity index (χ4n) is 1.22. The molecule has 3 heteroatoms. The molecule has 0 amide bonds. The van der Waals surface area contributed by atoms with Gasteiger partial charge in [0.2, 0.25) is 0 Å². The van der Waals surface area contributed by atoms with E-state index in [9.17, 15) is 0 Å². The lowest BCUT2D eigenvalue weighted by Gasteiger charge is -1.95. The molecule has 0 radical (unpaired) electrons. The summed E-state index contributed by atoms with van der Waals surface area (Å²) in [7, 11) is 0. The number of hydrogen-bond donors (Lipinski definition) is 0. The second-order valence-electron chi connectivity index (χ2n) is 2.72. The predicted octanol–water partition coefficient (Wildman–Crippen LogP) is 4.47. The first-order valence-electron chi connectivity index (χ1n) is 3.52. The van der Waals surface area contributed by atoms with Gasteiger partial charge in [-0.1, -0.05) is 17.7 Å². The smallest absolute Gasteiger partial charge is 0.0941 e. The Hall–Kier alpha value is 0.200. The van der Waals surface area contributed by atoms with Gasteiger partial charge in [0, 0.05) is 8.27 Å². The number of halogens is 2. The van der Waals surface area contributed by atoms with E-state index in [4.69, 9.17) is 11.6 Å². The highest BCUT2D eigenvalue weighted by atomic mass is 127. The summed E-state index contributed by atoms with van der Waals surface area (Å²) in [5.74, 6) is 0. The van der Waals surface area contributed by atoms with Crippen LogP contribution in [-0.4, -0.2) is 0 Å². The summed E-state index contributed by atoms with van der Waals surface area (Å²) in [5, 5.41) is 1.26.